The largest absolute Gasteiger partial charge is 0.493 e. The Bertz CT molecular complexity index is 237. The lowest BCUT2D eigenvalue weighted by Crippen LogP contribution is -2.09. The molecule has 0 aliphatic heterocycles. The van der Waals surface area contributed by atoms with Crippen molar-refractivity contribution in [2.45, 2.75) is 13.0 Å². The quantitative estimate of drug-likeness (QED) is 0.672. The van der Waals surface area contributed by atoms with Crippen molar-refractivity contribution < 1.29 is 4.74 Å². The predicted molar refractivity (Wildman–Crippen MR) is 41.2 cm³/mol. The molecule has 0 aromatic carbocycles. The van der Waals surface area contributed by atoms with Gasteiger partial charge in [-0.05, 0) is 6.92 Å². The molecule has 0 saturated heterocycles. The number of hydrogen-bond acceptors (Lipinski definition) is 4. The van der Waals surface area contributed by atoms with Crippen LogP contribution in [0.1, 0.15) is 18.7 Å². The van der Waals surface area contributed by atoms with Crippen LogP contribution in [0.3, 0.4) is 0 Å². The number of rotatable bonds is 2. The molecule has 0 amide bonds. The molecule has 1 aromatic heterocycles. The van der Waals surface area contributed by atoms with E-state index >= 15 is 0 Å². The Balaban J connectivity index is 3.02. The number of hydrogen-bond donors (Lipinski definition) is 1. The zero-order chi connectivity index (χ0) is 8.27. The predicted octanol–water partition coefficient (Wildman–Crippen LogP) is 0.505. The van der Waals surface area contributed by atoms with E-state index in [1.54, 1.807) is 13.3 Å². The van der Waals surface area contributed by atoms with Crippen LogP contribution in [0.2, 0.25) is 0 Å². The van der Waals surface area contributed by atoms with Crippen molar-refractivity contribution in [3.63, 3.8) is 0 Å². The highest BCUT2D eigenvalue weighted by atomic mass is 16.5. The summed E-state index contributed by atoms with van der Waals surface area (Å²) in [6, 6.07) is -0.118. The molecule has 0 radical (unpaired) electrons. The van der Waals surface area contributed by atoms with Crippen LogP contribution in [0, 0.1) is 0 Å². The van der Waals surface area contributed by atoms with Crippen LogP contribution in [0.15, 0.2) is 12.5 Å². The summed E-state index contributed by atoms with van der Waals surface area (Å²) in [4.78, 5) is 7.79. The fraction of sp³-hybridized carbons (Fsp3) is 0.429. The molecule has 0 aliphatic rings. The van der Waals surface area contributed by atoms with E-state index in [0.29, 0.717) is 5.75 Å². The number of ether oxygens (including phenoxy) is 1. The minimum Gasteiger partial charge on any atom is -0.493 e. The van der Waals surface area contributed by atoms with E-state index < -0.39 is 0 Å². The first-order valence-electron chi connectivity index (χ1n) is 3.35. The molecular formula is C7H11N3O. The zero-order valence-corrected chi connectivity index (χ0v) is 6.61. The molecule has 11 heavy (non-hydrogen) atoms. The van der Waals surface area contributed by atoms with Gasteiger partial charge < -0.3 is 10.5 Å². The van der Waals surface area contributed by atoms with E-state index in [0.717, 1.165) is 5.69 Å². The molecule has 0 fully saturated rings. The fourth-order valence-electron chi connectivity index (χ4n) is 0.826. The zero-order valence-electron chi connectivity index (χ0n) is 6.61. The Labute approximate surface area is 65.4 Å². The van der Waals surface area contributed by atoms with Gasteiger partial charge in [0.05, 0.1) is 13.3 Å². The van der Waals surface area contributed by atoms with Crippen LogP contribution in [-0.2, 0) is 0 Å². The Hall–Kier alpha value is -1.16. The van der Waals surface area contributed by atoms with E-state index in [1.807, 2.05) is 6.92 Å². The second-order valence-corrected chi connectivity index (χ2v) is 2.27. The average Bonchev–Trinajstić information content (AvgIpc) is 2.04. The molecule has 1 unspecified atom stereocenters. The maximum atomic E-state index is 5.62. The Morgan fingerprint density at radius 1 is 1.64 bits per heavy atom. The molecule has 4 heteroatoms. The van der Waals surface area contributed by atoms with Gasteiger partial charge in [-0.15, -0.1) is 0 Å². The number of nitrogens with two attached hydrogens (primary N) is 1. The van der Waals surface area contributed by atoms with E-state index in [9.17, 15) is 0 Å². The Kier molecular flexibility index (Phi) is 2.38. The highest BCUT2D eigenvalue weighted by Gasteiger charge is 2.07. The van der Waals surface area contributed by atoms with Crippen molar-refractivity contribution >= 4 is 0 Å². The Morgan fingerprint density at radius 3 is 2.82 bits per heavy atom. The van der Waals surface area contributed by atoms with Crippen molar-refractivity contribution in [3.8, 4) is 5.75 Å². The number of methoxy groups -OCH3 is 1. The number of nitrogens with zero attached hydrogens (tertiary/aromatic N) is 2. The molecule has 0 spiro atoms. The van der Waals surface area contributed by atoms with Crippen molar-refractivity contribution in [3.05, 3.63) is 18.2 Å². The number of aromatic nitrogens is 2. The van der Waals surface area contributed by atoms with Gasteiger partial charge in [0.1, 0.15) is 12.0 Å². The highest BCUT2D eigenvalue weighted by molar-refractivity contribution is 5.25. The average molecular weight is 153 g/mol. The van der Waals surface area contributed by atoms with Gasteiger partial charge in [-0.2, -0.15) is 0 Å². The minimum absolute atomic E-state index is 0.118. The van der Waals surface area contributed by atoms with Crippen LogP contribution in [0.5, 0.6) is 5.75 Å². The molecule has 0 bridgehead atoms. The SMILES string of the molecule is COc1cncnc1C(C)N. The normalized spacial score (nSPS) is 12.6. The first-order valence-corrected chi connectivity index (χ1v) is 3.35. The minimum atomic E-state index is -0.118. The summed E-state index contributed by atoms with van der Waals surface area (Å²) in [5, 5.41) is 0. The summed E-state index contributed by atoms with van der Waals surface area (Å²) in [5.41, 5.74) is 6.36. The molecule has 1 heterocycles. The van der Waals surface area contributed by atoms with E-state index in [4.69, 9.17) is 10.5 Å². The second kappa shape index (κ2) is 3.30. The van der Waals surface area contributed by atoms with Crippen LogP contribution >= 0.6 is 0 Å². The molecule has 0 aliphatic carbocycles. The maximum absolute atomic E-state index is 5.62. The second-order valence-electron chi connectivity index (χ2n) is 2.27. The van der Waals surface area contributed by atoms with Crippen LogP contribution in [0.4, 0.5) is 0 Å². The smallest absolute Gasteiger partial charge is 0.160 e. The molecule has 1 rings (SSSR count). The summed E-state index contributed by atoms with van der Waals surface area (Å²) in [6.45, 7) is 1.85. The van der Waals surface area contributed by atoms with E-state index in [2.05, 4.69) is 9.97 Å². The summed E-state index contributed by atoms with van der Waals surface area (Å²) in [6.07, 6.45) is 3.06. The molecule has 60 valence electrons. The maximum Gasteiger partial charge on any atom is 0.160 e. The van der Waals surface area contributed by atoms with Crippen molar-refractivity contribution in [1.29, 1.82) is 0 Å². The lowest BCUT2D eigenvalue weighted by atomic mass is 10.2. The lowest BCUT2D eigenvalue weighted by molar-refractivity contribution is 0.401. The van der Waals surface area contributed by atoms with Crippen LogP contribution in [0.25, 0.3) is 0 Å². The Morgan fingerprint density at radius 2 is 2.36 bits per heavy atom. The molecule has 1 atom stereocenters. The van der Waals surface area contributed by atoms with Gasteiger partial charge in [-0.1, -0.05) is 0 Å². The van der Waals surface area contributed by atoms with Gasteiger partial charge in [0.15, 0.2) is 5.75 Å². The van der Waals surface area contributed by atoms with Crippen molar-refractivity contribution in [2.75, 3.05) is 7.11 Å². The summed E-state index contributed by atoms with van der Waals surface area (Å²) in [5.74, 6) is 0.641. The first-order chi connectivity index (χ1) is 5.25. The van der Waals surface area contributed by atoms with Crippen LogP contribution < -0.4 is 10.5 Å². The monoisotopic (exact) mass is 153 g/mol. The summed E-state index contributed by atoms with van der Waals surface area (Å²) < 4.78 is 5.00. The molecule has 1 aromatic rings. The summed E-state index contributed by atoms with van der Waals surface area (Å²) >= 11 is 0. The van der Waals surface area contributed by atoms with Gasteiger partial charge in [0.25, 0.3) is 0 Å². The van der Waals surface area contributed by atoms with Crippen molar-refractivity contribution in [1.82, 2.24) is 9.97 Å². The van der Waals surface area contributed by atoms with Gasteiger partial charge in [-0.3, -0.25) is 0 Å². The molecule has 2 N–H and O–H groups in total. The topological polar surface area (TPSA) is 61.0 Å². The third-order valence-corrected chi connectivity index (χ3v) is 1.36. The highest BCUT2D eigenvalue weighted by Crippen LogP contribution is 2.18. The van der Waals surface area contributed by atoms with E-state index in [-0.39, 0.29) is 6.04 Å². The first kappa shape index (κ1) is 7.94. The van der Waals surface area contributed by atoms with Crippen LogP contribution in [-0.4, -0.2) is 17.1 Å². The molecule has 0 saturated carbocycles. The molecule has 4 nitrogen and oxygen atoms in total. The molecular weight excluding hydrogens is 142 g/mol. The lowest BCUT2D eigenvalue weighted by Gasteiger charge is -2.07. The van der Waals surface area contributed by atoms with Crippen molar-refractivity contribution in [2.24, 2.45) is 5.73 Å². The van der Waals surface area contributed by atoms with Gasteiger partial charge in [0.2, 0.25) is 0 Å². The standard InChI is InChI=1S/C7H11N3O/c1-5(8)7-6(11-2)3-9-4-10-7/h3-5H,8H2,1-2H3. The van der Waals surface area contributed by atoms with Gasteiger partial charge in [-0.25, -0.2) is 9.97 Å². The van der Waals surface area contributed by atoms with Gasteiger partial charge >= 0.3 is 0 Å². The van der Waals surface area contributed by atoms with Gasteiger partial charge in [0, 0.05) is 6.04 Å². The third-order valence-electron chi connectivity index (χ3n) is 1.36. The fourth-order valence-corrected chi connectivity index (χ4v) is 0.826. The van der Waals surface area contributed by atoms with E-state index in [1.165, 1.54) is 6.33 Å². The third kappa shape index (κ3) is 1.65. The summed E-state index contributed by atoms with van der Waals surface area (Å²) in [7, 11) is 1.57.